The van der Waals surface area contributed by atoms with Crippen molar-refractivity contribution in [2.24, 2.45) is 0 Å². The second-order valence-corrected chi connectivity index (χ2v) is 6.66. The zero-order valence-corrected chi connectivity index (χ0v) is 15.6. The van der Waals surface area contributed by atoms with Crippen molar-refractivity contribution < 1.29 is 27.8 Å². The van der Waals surface area contributed by atoms with Gasteiger partial charge in [-0.15, -0.1) is 0 Å². The highest BCUT2D eigenvalue weighted by atomic mass is 35.5. The summed E-state index contributed by atoms with van der Waals surface area (Å²) in [6, 6.07) is 11.8. The van der Waals surface area contributed by atoms with Crippen LogP contribution in [0.5, 0.6) is 11.5 Å². The number of urea groups is 1. The molecule has 1 fully saturated rings. The third kappa shape index (κ3) is 4.17. The van der Waals surface area contributed by atoms with Crippen molar-refractivity contribution in [3.63, 3.8) is 0 Å². The number of nitrogens with zero attached hydrogens (tertiary/aromatic N) is 1. The van der Waals surface area contributed by atoms with Crippen LogP contribution in [-0.4, -0.2) is 36.6 Å². The molecule has 2 aromatic rings. The van der Waals surface area contributed by atoms with Crippen LogP contribution in [0.1, 0.15) is 12.5 Å². The highest BCUT2D eigenvalue weighted by Crippen LogP contribution is 2.30. The molecule has 28 heavy (non-hydrogen) atoms. The molecule has 0 aromatic heterocycles. The van der Waals surface area contributed by atoms with Gasteiger partial charge in [0.2, 0.25) is 0 Å². The van der Waals surface area contributed by atoms with Crippen LogP contribution in [0.25, 0.3) is 0 Å². The van der Waals surface area contributed by atoms with Crippen molar-refractivity contribution >= 4 is 23.5 Å². The number of amides is 3. The Morgan fingerprint density at radius 2 is 1.86 bits per heavy atom. The van der Waals surface area contributed by atoms with E-state index in [1.165, 1.54) is 24.3 Å². The summed E-state index contributed by atoms with van der Waals surface area (Å²) in [5.41, 5.74) is -0.859. The molecule has 1 atom stereocenters. The predicted molar refractivity (Wildman–Crippen MR) is 97.6 cm³/mol. The summed E-state index contributed by atoms with van der Waals surface area (Å²) in [5, 5.41) is 3.15. The fourth-order valence-electron chi connectivity index (χ4n) is 2.88. The highest BCUT2D eigenvalue weighted by Gasteiger charge is 2.48. The van der Waals surface area contributed by atoms with Gasteiger partial charge in [0.25, 0.3) is 5.91 Å². The number of benzene rings is 2. The number of nitrogens with one attached hydrogen (secondary N) is 1. The van der Waals surface area contributed by atoms with E-state index in [4.69, 9.17) is 16.3 Å². The van der Waals surface area contributed by atoms with Crippen LogP contribution in [0.15, 0.2) is 48.5 Å². The minimum atomic E-state index is -2.94. The van der Waals surface area contributed by atoms with Gasteiger partial charge >= 0.3 is 12.6 Å². The van der Waals surface area contributed by atoms with Crippen molar-refractivity contribution in [3.05, 3.63) is 59.1 Å². The molecule has 1 unspecified atom stereocenters. The number of halogens is 3. The molecule has 0 radical (unpaired) electrons. The summed E-state index contributed by atoms with van der Waals surface area (Å²) >= 11 is 5.88. The van der Waals surface area contributed by atoms with Crippen LogP contribution in [0.2, 0.25) is 5.02 Å². The lowest BCUT2D eigenvalue weighted by molar-refractivity contribution is -0.131. The topological polar surface area (TPSA) is 67.9 Å². The maximum absolute atomic E-state index is 12.8. The first-order valence-corrected chi connectivity index (χ1v) is 8.75. The third-order valence-electron chi connectivity index (χ3n) is 4.31. The van der Waals surface area contributed by atoms with Crippen molar-refractivity contribution in [1.29, 1.82) is 0 Å². The molecular formula is C19H17ClF2N2O4. The number of carbonyl (C=O) groups excluding carboxylic acids is 2. The highest BCUT2D eigenvalue weighted by molar-refractivity contribution is 6.30. The van der Waals surface area contributed by atoms with Gasteiger partial charge in [-0.1, -0.05) is 29.8 Å². The summed E-state index contributed by atoms with van der Waals surface area (Å²) in [6.45, 7) is -1.26. The average molecular weight is 411 g/mol. The van der Waals surface area contributed by atoms with E-state index in [1.807, 2.05) is 0 Å². The molecule has 3 amide bonds. The Morgan fingerprint density at radius 3 is 2.50 bits per heavy atom. The van der Waals surface area contributed by atoms with E-state index in [2.05, 4.69) is 10.1 Å². The van der Waals surface area contributed by atoms with E-state index in [0.717, 1.165) is 4.90 Å². The summed E-state index contributed by atoms with van der Waals surface area (Å²) in [6.07, 6.45) is 0. The Bertz CT molecular complexity index is 878. The second-order valence-electron chi connectivity index (χ2n) is 6.22. The molecule has 3 rings (SSSR count). The van der Waals surface area contributed by atoms with Crippen molar-refractivity contribution in [1.82, 2.24) is 10.2 Å². The molecule has 1 heterocycles. The molecule has 0 bridgehead atoms. The molecule has 1 saturated heterocycles. The summed E-state index contributed by atoms with van der Waals surface area (Å²) in [7, 11) is 0. The molecule has 1 aliphatic heterocycles. The minimum Gasteiger partial charge on any atom is -0.492 e. The van der Waals surface area contributed by atoms with E-state index >= 15 is 0 Å². The zero-order valence-electron chi connectivity index (χ0n) is 14.8. The lowest BCUT2D eigenvalue weighted by atomic mass is 9.92. The predicted octanol–water partition coefficient (Wildman–Crippen LogP) is 3.79. The molecule has 2 aromatic carbocycles. The van der Waals surface area contributed by atoms with Crippen LogP contribution in [0.3, 0.4) is 0 Å². The Hall–Kier alpha value is -2.87. The van der Waals surface area contributed by atoms with E-state index < -0.39 is 24.1 Å². The van der Waals surface area contributed by atoms with E-state index in [0.29, 0.717) is 16.3 Å². The van der Waals surface area contributed by atoms with Gasteiger partial charge in [-0.25, -0.2) is 4.79 Å². The standard InChI is InChI=1S/C19H17ClF2N2O4/c1-19(12-5-7-14(8-6-12)28-17(21)22)16(25)24(18(26)23-19)9-10-27-15-4-2-3-13(20)11-15/h2-8,11,17H,9-10H2,1H3,(H,23,26). The van der Waals surface area contributed by atoms with Gasteiger partial charge in [-0.05, 0) is 42.8 Å². The van der Waals surface area contributed by atoms with Crippen LogP contribution in [0.4, 0.5) is 13.6 Å². The molecule has 1 aliphatic rings. The molecule has 9 heteroatoms. The molecule has 148 valence electrons. The first-order chi connectivity index (χ1) is 13.3. The lowest BCUT2D eigenvalue weighted by Crippen LogP contribution is -2.41. The molecule has 1 N–H and O–H groups in total. The number of rotatable bonds is 7. The number of alkyl halides is 2. The largest absolute Gasteiger partial charge is 0.492 e. The normalized spacial score (nSPS) is 19.1. The Morgan fingerprint density at radius 1 is 1.14 bits per heavy atom. The van der Waals surface area contributed by atoms with Crippen molar-refractivity contribution in [2.75, 3.05) is 13.2 Å². The minimum absolute atomic E-state index is 0.0362. The molecule has 0 saturated carbocycles. The zero-order chi connectivity index (χ0) is 20.3. The number of imide groups is 1. The smallest absolute Gasteiger partial charge is 0.387 e. The Balaban J connectivity index is 1.66. The van der Waals surface area contributed by atoms with Crippen molar-refractivity contribution in [2.45, 2.75) is 19.1 Å². The molecular weight excluding hydrogens is 394 g/mol. The maximum Gasteiger partial charge on any atom is 0.387 e. The van der Waals surface area contributed by atoms with E-state index in [9.17, 15) is 18.4 Å². The van der Waals surface area contributed by atoms with Gasteiger partial charge in [0.1, 0.15) is 23.6 Å². The monoisotopic (exact) mass is 410 g/mol. The van der Waals surface area contributed by atoms with Crippen LogP contribution in [0, 0.1) is 0 Å². The van der Waals surface area contributed by atoms with Crippen molar-refractivity contribution in [3.8, 4) is 11.5 Å². The number of ether oxygens (including phenoxy) is 2. The van der Waals surface area contributed by atoms with E-state index in [1.54, 1.807) is 31.2 Å². The van der Waals surface area contributed by atoms with Crippen LogP contribution < -0.4 is 14.8 Å². The first kappa shape index (κ1) is 19.9. The van der Waals surface area contributed by atoms with Crippen LogP contribution >= 0.6 is 11.6 Å². The number of carbonyl (C=O) groups is 2. The summed E-state index contributed by atoms with van der Waals surface area (Å²) in [4.78, 5) is 26.1. The molecule has 6 nitrogen and oxygen atoms in total. The van der Waals surface area contributed by atoms with Gasteiger partial charge in [-0.3, -0.25) is 9.69 Å². The quantitative estimate of drug-likeness (QED) is 0.705. The molecule has 0 aliphatic carbocycles. The van der Waals surface area contributed by atoms with Gasteiger partial charge in [0.15, 0.2) is 0 Å². The number of hydrogen-bond acceptors (Lipinski definition) is 4. The summed E-state index contributed by atoms with van der Waals surface area (Å²) < 4.78 is 34.4. The average Bonchev–Trinajstić information content (AvgIpc) is 2.86. The fourth-order valence-corrected chi connectivity index (χ4v) is 3.06. The van der Waals surface area contributed by atoms with Gasteiger partial charge < -0.3 is 14.8 Å². The SMILES string of the molecule is CC1(c2ccc(OC(F)F)cc2)NC(=O)N(CCOc2cccc(Cl)c2)C1=O. The first-order valence-electron chi connectivity index (χ1n) is 8.37. The van der Waals surface area contributed by atoms with Crippen LogP contribution in [-0.2, 0) is 10.3 Å². The molecule has 0 spiro atoms. The fraction of sp³-hybridized carbons (Fsp3) is 0.263. The third-order valence-corrected chi connectivity index (χ3v) is 4.55. The van der Waals surface area contributed by atoms with Gasteiger partial charge in [0, 0.05) is 5.02 Å². The maximum atomic E-state index is 12.8. The Labute approximate surface area is 165 Å². The Kier molecular flexibility index (Phi) is 5.69. The summed E-state index contributed by atoms with van der Waals surface area (Å²) in [5.74, 6) is 0.0255. The van der Waals surface area contributed by atoms with Gasteiger partial charge in [-0.2, -0.15) is 8.78 Å². The lowest BCUT2D eigenvalue weighted by Gasteiger charge is -2.22. The number of hydrogen-bond donors (Lipinski definition) is 1. The van der Waals surface area contributed by atoms with Gasteiger partial charge in [0.05, 0.1) is 6.54 Å². The van der Waals surface area contributed by atoms with E-state index in [-0.39, 0.29) is 18.9 Å². The second kappa shape index (κ2) is 8.02.